The molecule has 5 nitrogen and oxygen atoms in total. The number of pyridine rings is 1. The number of nitrogens with one attached hydrogen (secondary N) is 1. The fourth-order valence-electron chi connectivity index (χ4n) is 2.54. The van der Waals surface area contributed by atoms with E-state index in [2.05, 4.69) is 20.9 Å². The monoisotopic (exact) mass is 406 g/mol. The average Bonchev–Trinajstić information content (AvgIpc) is 2.61. The van der Waals surface area contributed by atoms with Crippen molar-refractivity contribution in [1.82, 2.24) is 9.88 Å². The molecular formula is C19H23BrN2O3. The molecule has 1 amide bonds. The molecule has 0 spiro atoms. The average molecular weight is 407 g/mol. The van der Waals surface area contributed by atoms with E-state index in [1.807, 2.05) is 44.2 Å². The zero-order valence-electron chi connectivity index (χ0n) is 14.5. The first-order valence-corrected chi connectivity index (χ1v) is 9.12. The van der Waals surface area contributed by atoms with Crippen LogP contribution < -0.4 is 5.56 Å². The van der Waals surface area contributed by atoms with Crippen LogP contribution in [-0.2, 0) is 11.3 Å². The summed E-state index contributed by atoms with van der Waals surface area (Å²) < 4.78 is 5.80. The van der Waals surface area contributed by atoms with Gasteiger partial charge >= 0.3 is 0 Å². The van der Waals surface area contributed by atoms with Gasteiger partial charge in [-0.15, -0.1) is 0 Å². The lowest BCUT2D eigenvalue weighted by Gasteiger charge is -2.23. The van der Waals surface area contributed by atoms with Crippen LogP contribution in [0.25, 0.3) is 0 Å². The number of amides is 1. The van der Waals surface area contributed by atoms with Gasteiger partial charge in [0.1, 0.15) is 5.69 Å². The number of nitrogens with zero attached hydrogens (tertiary/aromatic N) is 1. The summed E-state index contributed by atoms with van der Waals surface area (Å²) in [6.45, 7) is 6.07. The summed E-state index contributed by atoms with van der Waals surface area (Å²) in [7, 11) is 0. The van der Waals surface area contributed by atoms with Gasteiger partial charge < -0.3 is 14.6 Å². The molecule has 25 heavy (non-hydrogen) atoms. The number of benzene rings is 1. The third-order valence-electron chi connectivity index (χ3n) is 3.83. The first kappa shape index (κ1) is 19.4. The second kappa shape index (κ2) is 9.53. The van der Waals surface area contributed by atoms with E-state index >= 15 is 0 Å². The molecule has 0 aliphatic carbocycles. The Hall–Kier alpha value is -1.92. The maximum Gasteiger partial charge on any atom is 0.270 e. The number of ether oxygens (including phenoxy) is 1. The Morgan fingerprint density at radius 1 is 1.28 bits per heavy atom. The maximum absolute atomic E-state index is 13.0. The molecule has 2 rings (SSSR count). The molecule has 1 N–H and O–H groups in total. The van der Waals surface area contributed by atoms with Crippen LogP contribution >= 0.6 is 15.9 Å². The Labute approximate surface area is 156 Å². The van der Waals surface area contributed by atoms with Gasteiger partial charge in [0.2, 0.25) is 0 Å². The Bertz CT molecular complexity index is 759. The lowest BCUT2D eigenvalue weighted by Crippen LogP contribution is -2.34. The van der Waals surface area contributed by atoms with E-state index in [9.17, 15) is 9.59 Å². The van der Waals surface area contributed by atoms with Gasteiger partial charge in [-0.2, -0.15) is 0 Å². The summed E-state index contributed by atoms with van der Waals surface area (Å²) in [5.41, 5.74) is 1.81. The molecule has 2 aromatic rings. The zero-order chi connectivity index (χ0) is 18.2. The highest BCUT2D eigenvalue weighted by Gasteiger charge is 2.19. The van der Waals surface area contributed by atoms with Crippen molar-refractivity contribution in [1.29, 1.82) is 0 Å². The summed E-state index contributed by atoms with van der Waals surface area (Å²) in [6, 6.07) is 11.5. The van der Waals surface area contributed by atoms with Crippen molar-refractivity contribution >= 4 is 21.8 Å². The fourth-order valence-corrected chi connectivity index (χ4v) is 2.98. The highest BCUT2D eigenvalue weighted by atomic mass is 79.9. The first-order valence-electron chi connectivity index (χ1n) is 8.33. The van der Waals surface area contributed by atoms with Crippen molar-refractivity contribution in [3.8, 4) is 0 Å². The number of carbonyl (C=O) groups excluding carboxylic acids is 1. The number of carbonyl (C=O) groups is 1. The van der Waals surface area contributed by atoms with E-state index in [-0.39, 0.29) is 11.5 Å². The number of H-pyrrole nitrogens is 1. The predicted octanol–water partition coefficient (Wildman–Crippen LogP) is 3.51. The summed E-state index contributed by atoms with van der Waals surface area (Å²) in [4.78, 5) is 29.3. The van der Waals surface area contributed by atoms with Crippen molar-refractivity contribution in [3.63, 3.8) is 0 Å². The molecule has 0 radical (unpaired) electrons. The number of hydrogen-bond acceptors (Lipinski definition) is 3. The van der Waals surface area contributed by atoms with Gasteiger partial charge in [-0.25, -0.2) is 0 Å². The van der Waals surface area contributed by atoms with Crippen LogP contribution in [0.5, 0.6) is 0 Å². The van der Waals surface area contributed by atoms with Crippen molar-refractivity contribution in [2.45, 2.75) is 26.8 Å². The minimum atomic E-state index is -0.303. The normalized spacial score (nSPS) is 10.7. The minimum absolute atomic E-state index is 0.178. The quantitative estimate of drug-likeness (QED) is 0.682. The molecule has 0 bridgehead atoms. The van der Waals surface area contributed by atoms with Crippen LogP contribution in [0.3, 0.4) is 0 Å². The van der Waals surface area contributed by atoms with Gasteiger partial charge in [0.25, 0.3) is 11.5 Å². The first-order chi connectivity index (χ1) is 12.0. The lowest BCUT2D eigenvalue weighted by atomic mass is 10.1. The third kappa shape index (κ3) is 5.54. The molecule has 134 valence electrons. The summed E-state index contributed by atoms with van der Waals surface area (Å²) >= 11 is 3.19. The largest absolute Gasteiger partial charge is 0.382 e. The number of hydrogen-bond donors (Lipinski definition) is 1. The molecular weight excluding hydrogens is 384 g/mol. The Morgan fingerprint density at radius 3 is 2.68 bits per heavy atom. The molecule has 0 aliphatic rings. The highest BCUT2D eigenvalue weighted by molar-refractivity contribution is 9.10. The van der Waals surface area contributed by atoms with Crippen LogP contribution in [0, 0.1) is 6.92 Å². The van der Waals surface area contributed by atoms with E-state index < -0.39 is 0 Å². The van der Waals surface area contributed by atoms with Gasteiger partial charge in [-0.1, -0.05) is 30.3 Å². The predicted molar refractivity (Wildman–Crippen MR) is 102 cm³/mol. The number of aromatic amines is 1. The van der Waals surface area contributed by atoms with Crippen LogP contribution in [0.15, 0.2) is 45.7 Å². The van der Waals surface area contributed by atoms with Gasteiger partial charge in [-0.3, -0.25) is 9.59 Å². The lowest BCUT2D eigenvalue weighted by molar-refractivity contribution is 0.0705. The number of aryl methyl sites for hydroxylation is 1. The van der Waals surface area contributed by atoms with Crippen LogP contribution in [0.4, 0.5) is 0 Å². The smallest absolute Gasteiger partial charge is 0.270 e. The van der Waals surface area contributed by atoms with E-state index in [1.165, 1.54) is 0 Å². The molecule has 0 saturated carbocycles. The van der Waals surface area contributed by atoms with Gasteiger partial charge in [-0.05, 0) is 53.4 Å². The number of halogens is 1. The molecule has 0 unspecified atom stereocenters. The molecule has 1 aromatic heterocycles. The van der Waals surface area contributed by atoms with Crippen LogP contribution in [-0.4, -0.2) is 35.5 Å². The Morgan fingerprint density at radius 2 is 2.00 bits per heavy atom. The van der Waals surface area contributed by atoms with E-state index in [1.54, 1.807) is 11.0 Å². The second-order valence-corrected chi connectivity index (χ2v) is 6.62. The molecule has 1 heterocycles. The second-order valence-electron chi connectivity index (χ2n) is 5.77. The molecule has 0 atom stereocenters. The number of rotatable bonds is 8. The van der Waals surface area contributed by atoms with E-state index in [4.69, 9.17) is 4.74 Å². The Balaban J connectivity index is 2.22. The summed E-state index contributed by atoms with van der Waals surface area (Å²) in [6.07, 6.45) is 0.742. The van der Waals surface area contributed by atoms with Crippen molar-refractivity contribution in [3.05, 3.63) is 68.0 Å². The fraction of sp³-hybridized carbons (Fsp3) is 0.368. The molecule has 0 aliphatic heterocycles. The van der Waals surface area contributed by atoms with Gasteiger partial charge in [0, 0.05) is 26.3 Å². The van der Waals surface area contributed by atoms with Gasteiger partial charge in [0.05, 0.1) is 4.47 Å². The van der Waals surface area contributed by atoms with E-state index in [0.29, 0.717) is 36.5 Å². The molecule has 0 saturated heterocycles. The third-order valence-corrected chi connectivity index (χ3v) is 4.42. The van der Waals surface area contributed by atoms with Crippen molar-refractivity contribution < 1.29 is 9.53 Å². The van der Waals surface area contributed by atoms with E-state index in [0.717, 1.165) is 17.5 Å². The maximum atomic E-state index is 13.0. The molecule has 0 fully saturated rings. The standard InChI is InChI=1S/C19H23BrN2O3/c1-3-25-11-7-10-22(13-15-8-5-4-6-9-15)19(24)17-14(2)12-16(20)18(23)21-17/h4-6,8-9,12H,3,7,10-11,13H2,1-2H3,(H,21,23). The van der Waals surface area contributed by atoms with Crippen molar-refractivity contribution in [2.24, 2.45) is 0 Å². The SMILES string of the molecule is CCOCCCN(Cc1ccccc1)C(=O)c1[nH]c(=O)c(Br)cc1C. The summed E-state index contributed by atoms with van der Waals surface area (Å²) in [5.74, 6) is -0.178. The van der Waals surface area contributed by atoms with Crippen LogP contribution in [0.1, 0.15) is 35.0 Å². The minimum Gasteiger partial charge on any atom is -0.382 e. The van der Waals surface area contributed by atoms with Crippen molar-refractivity contribution in [2.75, 3.05) is 19.8 Å². The van der Waals surface area contributed by atoms with Gasteiger partial charge in [0.15, 0.2) is 0 Å². The topological polar surface area (TPSA) is 62.4 Å². The molecule has 1 aromatic carbocycles. The molecule has 6 heteroatoms. The highest BCUT2D eigenvalue weighted by Crippen LogP contribution is 2.14. The number of aromatic nitrogens is 1. The Kier molecular flexibility index (Phi) is 7.40. The summed E-state index contributed by atoms with van der Waals surface area (Å²) in [5, 5.41) is 0. The van der Waals surface area contributed by atoms with Crippen LogP contribution in [0.2, 0.25) is 0 Å². The zero-order valence-corrected chi connectivity index (χ0v) is 16.1.